The zero-order chi connectivity index (χ0) is 19.3. The molecule has 0 bridgehead atoms. The molecule has 0 radical (unpaired) electrons. The van der Waals surface area contributed by atoms with Crippen molar-refractivity contribution in [3.8, 4) is 0 Å². The van der Waals surface area contributed by atoms with Gasteiger partial charge < -0.3 is 14.8 Å². The van der Waals surface area contributed by atoms with Gasteiger partial charge in [-0.25, -0.2) is 9.97 Å². The van der Waals surface area contributed by atoms with Gasteiger partial charge in [0.15, 0.2) is 5.65 Å². The van der Waals surface area contributed by atoms with Gasteiger partial charge in [-0.05, 0) is 31.7 Å². The number of H-pyrrole nitrogens is 1. The molecule has 144 valence electrons. The number of hydrogen-bond acceptors (Lipinski definition) is 5. The number of amides is 1. The molecule has 5 rings (SSSR count). The van der Waals surface area contributed by atoms with E-state index < -0.39 is 0 Å². The third-order valence-electron chi connectivity index (χ3n) is 5.82. The highest BCUT2D eigenvalue weighted by atomic mass is 16.5. The lowest BCUT2D eigenvalue weighted by atomic mass is 9.93. The Balaban J connectivity index is 1.44. The Morgan fingerprint density at radius 3 is 3.00 bits per heavy atom. The first-order chi connectivity index (χ1) is 13.6. The molecule has 0 spiro atoms. The van der Waals surface area contributed by atoms with E-state index in [-0.39, 0.29) is 23.6 Å². The molecule has 2 N–H and O–H groups in total. The molecule has 8 heteroatoms. The lowest BCUT2D eigenvalue weighted by Gasteiger charge is -2.16. The van der Waals surface area contributed by atoms with Crippen molar-refractivity contribution in [2.75, 3.05) is 0 Å². The average molecular weight is 378 g/mol. The third-order valence-corrected chi connectivity index (χ3v) is 5.82. The van der Waals surface area contributed by atoms with Crippen molar-refractivity contribution in [1.29, 1.82) is 0 Å². The van der Waals surface area contributed by atoms with Gasteiger partial charge in [0.2, 0.25) is 5.76 Å². The summed E-state index contributed by atoms with van der Waals surface area (Å²) in [5, 5.41) is 6.92. The summed E-state index contributed by atoms with van der Waals surface area (Å²) in [6.07, 6.45) is 8.44. The van der Waals surface area contributed by atoms with Gasteiger partial charge in [0, 0.05) is 24.2 Å². The van der Waals surface area contributed by atoms with Crippen LogP contribution in [0.5, 0.6) is 0 Å². The fraction of sp³-hybridized carbons (Fsp3) is 0.400. The van der Waals surface area contributed by atoms with Crippen molar-refractivity contribution in [1.82, 2.24) is 29.8 Å². The summed E-state index contributed by atoms with van der Waals surface area (Å²) in [5.74, 6) is 1.83. The molecule has 1 aliphatic carbocycles. The van der Waals surface area contributed by atoms with Gasteiger partial charge in [0.25, 0.3) is 5.91 Å². The van der Waals surface area contributed by atoms with Crippen molar-refractivity contribution < 1.29 is 9.32 Å². The van der Waals surface area contributed by atoms with Crippen molar-refractivity contribution in [2.45, 2.75) is 45.1 Å². The van der Waals surface area contributed by atoms with Crippen LogP contribution in [-0.4, -0.2) is 36.5 Å². The lowest BCUT2D eigenvalue weighted by Crippen LogP contribution is -2.32. The minimum atomic E-state index is -0.202. The first-order valence-electron chi connectivity index (χ1n) is 9.67. The molecule has 3 atom stereocenters. The van der Waals surface area contributed by atoms with Crippen LogP contribution in [0, 0.1) is 12.8 Å². The molecule has 0 aliphatic heterocycles. The molecule has 4 aromatic rings. The molecule has 4 heterocycles. The van der Waals surface area contributed by atoms with Crippen LogP contribution in [0.1, 0.15) is 54.2 Å². The Morgan fingerprint density at radius 2 is 2.21 bits per heavy atom. The molecule has 28 heavy (non-hydrogen) atoms. The molecule has 1 saturated carbocycles. The average Bonchev–Trinajstić information content (AvgIpc) is 3.45. The second-order valence-electron chi connectivity index (χ2n) is 7.60. The summed E-state index contributed by atoms with van der Waals surface area (Å²) < 4.78 is 7.29. The SMILES string of the molecule is CC[C@@H]1C[C@H](NC(=O)c2cc(C)no2)C[C@@H]1c1ncc2cnc3[nH]ccc3n12. The molecule has 0 saturated heterocycles. The number of fused-ring (bicyclic) bond motifs is 3. The third kappa shape index (κ3) is 2.67. The van der Waals surface area contributed by atoms with Crippen LogP contribution in [0.4, 0.5) is 0 Å². The summed E-state index contributed by atoms with van der Waals surface area (Å²) in [6, 6.07) is 3.78. The molecule has 1 aliphatic rings. The smallest absolute Gasteiger partial charge is 0.290 e. The molecular formula is C20H22N6O2. The van der Waals surface area contributed by atoms with E-state index in [0.717, 1.165) is 41.8 Å². The number of rotatable bonds is 4. The van der Waals surface area contributed by atoms with Crippen molar-refractivity contribution in [3.05, 3.63) is 48.0 Å². The maximum atomic E-state index is 12.5. The van der Waals surface area contributed by atoms with Gasteiger partial charge in [-0.15, -0.1) is 0 Å². The van der Waals surface area contributed by atoms with Crippen LogP contribution in [0.3, 0.4) is 0 Å². The van der Waals surface area contributed by atoms with E-state index in [1.807, 2.05) is 24.7 Å². The van der Waals surface area contributed by atoms with Crippen LogP contribution in [0.25, 0.3) is 16.7 Å². The number of aryl methyl sites for hydroxylation is 1. The molecule has 1 amide bonds. The number of imidazole rings is 1. The van der Waals surface area contributed by atoms with E-state index in [1.165, 1.54) is 0 Å². The van der Waals surface area contributed by atoms with E-state index in [0.29, 0.717) is 11.6 Å². The minimum absolute atomic E-state index is 0.0868. The number of nitrogens with one attached hydrogen (secondary N) is 2. The predicted octanol–water partition coefficient (Wildman–Crippen LogP) is 3.21. The van der Waals surface area contributed by atoms with Crippen molar-refractivity contribution in [3.63, 3.8) is 0 Å². The predicted molar refractivity (Wildman–Crippen MR) is 103 cm³/mol. The van der Waals surface area contributed by atoms with Crippen LogP contribution in [0.2, 0.25) is 0 Å². The van der Waals surface area contributed by atoms with Crippen LogP contribution in [-0.2, 0) is 0 Å². The molecular weight excluding hydrogens is 356 g/mol. The second kappa shape index (κ2) is 6.47. The number of aromatic amines is 1. The largest absolute Gasteiger partial charge is 0.351 e. The zero-order valence-electron chi connectivity index (χ0n) is 15.8. The summed E-state index contributed by atoms with van der Waals surface area (Å²) in [5.41, 5.74) is 3.57. The highest BCUT2D eigenvalue weighted by Crippen LogP contribution is 2.41. The summed E-state index contributed by atoms with van der Waals surface area (Å²) >= 11 is 0. The molecule has 1 fully saturated rings. The van der Waals surface area contributed by atoms with Crippen molar-refractivity contribution in [2.24, 2.45) is 5.92 Å². The zero-order valence-corrected chi connectivity index (χ0v) is 15.8. The number of carbonyl (C=O) groups is 1. The first kappa shape index (κ1) is 17.0. The quantitative estimate of drug-likeness (QED) is 0.568. The normalized spacial score (nSPS) is 22.3. The molecule has 0 unspecified atom stereocenters. The molecule has 4 aromatic heterocycles. The number of nitrogens with zero attached hydrogens (tertiary/aromatic N) is 4. The van der Waals surface area contributed by atoms with E-state index in [2.05, 4.69) is 31.8 Å². The van der Waals surface area contributed by atoms with Crippen LogP contribution >= 0.6 is 0 Å². The van der Waals surface area contributed by atoms with E-state index in [4.69, 9.17) is 9.51 Å². The Labute approximate surface area is 161 Å². The van der Waals surface area contributed by atoms with Gasteiger partial charge >= 0.3 is 0 Å². The number of hydrogen-bond donors (Lipinski definition) is 2. The van der Waals surface area contributed by atoms with Gasteiger partial charge in [-0.2, -0.15) is 0 Å². The van der Waals surface area contributed by atoms with Crippen LogP contribution in [0.15, 0.2) is 35.2 Å². The van der Waals surface area contributed by atoms with Crippen LogP contribution < -0.4 is 5.32 Å². The second-order valence-corrected chi connectivity index (χ2v) is 7.60. The summed E-state index contributed by atoms with van der Waals surface area (Å²) in [7, 11) is 0. The monoisotopic (exact) mass is 378 g/mol. The fourth-order valence-corrected chi connectivity index (χ4v) is 4.50. The van der Waals surface area contributed by atoms with E-state index in [1.54, 1.807) is 13.0 Å². The Bertz CT molecular complexity index is 1160. The highest BCUT2D eigenvalue weighted by Gasteiger charge is 2.37. The Kier molecular flexibility index (Phi) is 3.92. The highest BCUT2D eigenvalue weighted by molar-refractivity contribution is 5.91. The maximum absolute atomic E-state index is 12.5. The standard InChI is InChI=1S/C20H22N6O2/c1-3-12-7-13(24-20(27)17-6-11(2)25-28-17)8-15(12)19-23-10-14-9-22-18-16(26(14)19)4-5-21-18/h4-6,9-10,12-13,15,21H,3,7-8H2,1-2H3,(H,24,27)/t12-,13+,15+/m1/s1. The number of aromatic nitrogens is 5. The van der Waals surface area contributed by atoms with Crippen molar-refractivity contribution >= 4 is 22.6 Å². The first-order valence-corrected chi connectivity index (χ1v) is 9.67. The van der Waals surface area contributed by atoms with Gasteiger partial charge in [-0.3, -0.25) is 9.20 Å². The summed E-state index contributed by atoms with van der Waals surface area (Å²) in [4.78, 5) is 24.8. The Morgan fingerprint density at radius 1 is 1.36 bits per heavy atom. The summed E-state index contributed by atoms with van der Waals surface area (Å²) in [6.45, 7) is 4.00. The van der Waals surface area contributed by atoms with Gasteiger partial charge in [0.05, 0.1) is 29.1 Å². The minimum Gasteiger partial charge on any atom is -0.351 e. The topological polar surface area (TPSA) is 101 Å². The fourth-order valence-electron chi connectivity index (χ4n) is 4.50. The molecule has 0 aromatic carbocycles. The number of carbonyl (C=O) groups excluding carboxylic acids is 1. The molecule has 8 nitrogen and oxygen atoms in total. The van der Waals surface area contributed by atoms with E-state index in [9.17, 15) is 4.79 Å². The maximum Gasteiger partial charge on any atom is 0.290 e. The Hall–Kier alpha value is -3.16. The van der Waals surface area contributed by atoms with E-state index >= 15 is 0 Å². The van der Waals surface area contributed by atoms with Gasteiger partial charge in [0.1, 0.15) is 5.82 Å². The van der Waals surface area contributed by atoms with Gasteiger partial charge in [-0.1, -0.05) is 18.5 Å². The lowest BCUT2D eigenvalue weighted by molar-refractivity contribution is 0.0899.